The maximum absolute atomic E-state index is 5.62. The maximum atomic E-state index is 5.62. The molecule has 2 heterocycles. The van der Waals surface area contributed by atoms with Gasteiger partial charge in [-0.2, -0.15) is 0 Å². The predicted molar refractivity (Wildman–Crippen MR) is 93.3 cm³/mol. The summed E-state index contributed by atoms with van der Waals surface area (Å²) in [6, 6.07) is 8.06. The van der Waals surface area contributed by atoms with Crippen LogP contribution in [0.3, 0.4) is 0 Å². The summed E-state index contributed by atoms with van der Waals surface area (Å²) in [5, 5.41) is 0. The van der Waals surface area contributed by atoms with Crippen molar-refractivity contribution in [2.45, 2.75) is 32.9 Å². The molecule has 22 heavy (non-hydrogen) atoms. The summed E-state index contributed by atoms with van der Waals surface area (Å²) in [6.45, 7) is 5.49. The van der Waals surface area contributed by atoms with Gasteiger partial charge < -0.3 is 5.73 Å². The molecule has 0 aromatic carbocycles. The Morgan fingerprint density at radius 3 is 2.41 bits per heavy atom. The van der Waals surface area contributed by atoms with Gasteiger partial charge in [-0.25, -0.2) is 0 Å². The number of nitrogens with zero attached hydrogens (tertiary/aromatic N) is 3. The van der Waals surface area contributed by atoms with Crippen molar-refractivity contribution in [3.8, 4) is 0 Å². The van der Waals surface area contributed by atoms with Crippen molar-refractivity contribution >= 4 is 15.9 Å². The second-order valence-corrected chi connectivity index (χ2v) is 6.26. The van der Waals surface area contributed by atoms with Crippen molar-refractivity contribution < 1.29 is 0 Å². The van der Waals surface area contributed by atoms with E-state index in [1.165, 1.54) is 5.56 Å². The first-order chi connectivity index (χ1) is 10.7. The lowest BCUT2D eigenvalue weighted by Gasteiger charge is -2.22. The van der Waals surface area contributed by atoms with Crippen molar-refractivity contribution in [2.75, 3.05) is 13.1 Å². The number of hydrogen-bond donors (Lipinski definition) is 1. The van der Waals surface area contributed by atoms with Crippen LogP contribution in [-0.2, 0) is 13.1 Å². The zero-order valence-electron chi connectivity index (χ0n) is 13.0. The number of hydrogen-bond acceptors (Lipinski definition) is 4. The van der Waals surface area contributed by atoms with Gasteiger partial charge in [-0.15, -0.1) is 0 Å². The number of aryl methyl sites for hydroxylation is 1. The number of pyridine rings is 2. The minimum absolute atomic E-state index is 0.740. The molecule has 0 saturated carbocycles. The molecule has 0 spiro atoms. The molecule has 0 atom stereocenters. The molecule has 4 nitrogen and oxygen atoms in total. The predicted octanol–water partition coefficient (Wildman–Crippen LogP) is 3.29. The second kappa shape index (κ2) is 8.98. The molecule has 0 fully saturated rings. The van der Waals surface area contributed by atoms with Gasteiger partial charge in [-0.05, 0) is 72.5 Å². The van der Waals surface area contributed by atoms with Crippen LogP contribution < -0.4 is 5.73 Å². The average molecular weight is 363 g/mol. The van der Waals surface area contributed by atoms with Crippen LogP contribution in [0.4, 0.5) is 0 Å². The first-order valence-corrected chi connectivity index (χ1v) is 8.42. The molecule has 2 aromatic rings. The lowest BCUT2D eigenvalue weighted by Crippen LogP contribution is -2.26. The topological polar surface area (TPSA) is 55.0 Å². The minimum atomic E-state index is 0.740. The van der Waals surface area contributed by atoms with Gasteiger partial charge in [0, 0.05) is 30.0 Å². The number of nitrogens with two attached hydrogens (primary N) is 1. The Kier molecular flexibility index (Phi) is 6.96. The van der Waals surface area contributed by atoms with Crippen molar-refractivity contribution in [3.05, 3.63) is 58.1 Å². The van der Waals surface area contributed by atoms with Crippen LogP contribution >= 0.6 is 15.9 Å². The Hall–Kier alpha value is -1.30. The molecule has 0 aliphatic rings. The average Bonchev–Trinajstić information content (AvgIpc) is 2.52. The van der Waals surface area contributed by atoms with E-state index in [0.29, 0.717) is 0 Å². The fourth-order valence-electron chi connectivity index (χ4n) is 2.34. The summed E-state index contributed by atoms with van der Waals surface area (Å²) >= 11 is 3.58. The van der Waals surface area contributed by atoms with Gasteiger partial charge in [-0.3, -0.25) is 14.9 Å². The van der Waals surface area contributed by atoms with Gasteiger partial charge in [0.05, 0.1) is 11.4 Å². The molecule has 0 radical (unpaired) electrons. The summed E-state index contributed by atoms with van der Waals surface area (Å²) in [5.74, 6) is 0. The molecule has 0 aliphatic carbocycles. The highest BCUT2D eigenvalue weighted by Crippen LogP contribution is 2.17. The Bertz CT molecular complexity index is 541. The zero-order valence-corrected chi connectivity index (χ0v) is 14.6. The summed E-state index contributed by atoms with van der Waals surface area (Å²) in [7, 11) is 0. The molecular weight excluding hydrogens is 340 g/mol. The highest BCUT2D eigenvalue weighted by molar-refractivity contribution is 9.10. The van der Waals surface area contributed by atoms with Gasteiger partial charge in [-0.1, -0.05) is 6.07 Å². The Morgan fingerprint density at radius 1 is 1.05 bits per heavy atom. The van der Waals surface area contributed by atoms with Crippen LogP contribution in [0.1, 0.15) is 29.8 Å². The quantitative estimate of drug-likeness (QED) is 0.732. The van der Waals surface area contributed by atoms with Gasteiger partial charge in [0.25, 0.3) is 0 Å². The van der Waals surface area contributed by atoms with Crippen LogP contribution in [0.5, 0.6) is 0 Å². The Balaban J connectivity index is 2.09. The monoisotopic (exact) mass is 362 g/mol. The van der Waals surface area contributed by atoms with Crippen LogP contribution in [0.25, 0.3) is 0 Å². The number of rotatable bonds is 8. The van der Waals surface area contributed by atoms with E-state index in [4.69, 9.17) is 5.73 Å². The minimum Gasteiger partial charge on any atom is -0.330 e. The molecule has 2 rings (SSSR count). The molecular formula is C17H23BrN4. The van der Waals surface area contributed by atoms with Gasteiger partial charge in [0.2, 0.25) is 0 Å². The molecule has 5 heteroatoms. The van der Waals surface area contributed by atoms with E-state index in [1.807, 2.05) is 30.6 Å². The molecule has 0 amide bonds. The fraction of sp³-hybridized carbons (Fsp3) is 0.412. The maximum Gasteiger partial charge on any atom is 0.0685 e. The van der Waals surface area contributed by atoms with E-state index in [2.05, 4.69) is 43.8 Å². The molecule has 2 aromatic heterocycles. The van der Waals surface area contributed by atoms with Gasteiger partial charge in [0.1, 0.15) is 0 Å². The number of aromatic nitrogens is 2. The van der Waals surface area contributed by atoms with E-state index in [1.54, 1.807) is 0 Å². The van der Waals surface area contributed by atoms with Crippen LogP contribution in [0, 0.1) is 6.92 Å². The van der Waals surface area contributed by atoms with Crippen LogP contribution in [0.2, 0.25) is 0 Å². The standard InChI is InChI=1S/C17H23BrN4/c1-14-6-4-9-20-16(14)12-22(11-3-2-8-19)13-17-15(18)7-5-10-21-17/h4-7,9-10H,2-3,8,11-13,19H2,1H3. The van der Waals surface area contributed by atoms with E-state index in [0.717, 1.165) is 54.9 Å². The molecule has 0 saturated heterocycles. The summed E-state index contributed by atoms with van der Waals surface area (Å²) in [5.41, 5.74) is 9.03. The number of halogens is 1. The molecule has 0 bridgehead atoms. The van der Waals surface area contributed by atoms with E-state index in [9.17, 15) is 0 Å². The zero-order chi connectivity index (χ0) is 15.8. The highest BCUT2D eigenvalue weighted by atomic mass is 79.9. The molecule has 2 N–H and O–H groups in total. The first-order valence-electron chi connectivity index (χ1n) is 7.63. The van der Waals surface area contributed by atoms with Crippen molar-refractivity contribution in [1.29, 1.82) is 0 Å². The Morgan fingerprint density at radius 2 is 1.73 bits per heavy atom. The third-order valence-corrected chi connectivity index (χ3v) is 4.35. The SMILES string of the molecule is Cc1cccnc1CN(CCCCN)Cc1ncccc1Br. The van der Waals surface area contributed by atoms with Crippen molar-refractivity contribution in [3.63, 3.8) is 0 Å². The summed E-state index contributed by atoms with van der Waals surface area (Å²) < 4.78 is 1.05. The smallest absolute Gasteiger partial charge is 0.0685 e. The van der Waals surface area contributed by atoms with Crippen molar-refractivity contribution in [1.82, 2.24) is 14.9 Å². The van der Waals surface area contributed by atoms with Crippen molar-refractivity contribution in [2.24, 2.45) is 5.73 Å². The lowest BCUT2D eigenvalue weighted by atomic mass is 10.2. The normalized spacial score (nSPS) is 11.1. The van der Waals surface area contributed by atoms with E-state index >= 15 is 0 Å². The highest BCUT2D eigenvalue weighted by Gasteiger charge is 2.11. The van der Waals surface area contributed by atoms with Gasteiger partial charge >= 0.3 is 0 Å². The van der Waals surface area contributed by atoms with E-state index < -0.39 is 0 Å². The van der Waals surface area contributed by atoms with Crippen LogP contribution in [0.15, 0.2) is 41.1 Å². The third kappa shape index (κ3) is 5.16. The van der Waals surface area contributed by atoms with E-state index in [-0.39, 0.29) is 0 Å². The Labute approximate surface area is 140 Å². The fourth-order valence-corrected chi connectivity index (χ4v) is 2.72. The number of unbranched alkanes of at least 4 members (excludes halogenated alkanes) is 1. The summed E-state index contributed by atoms with van der Waals surface area (Å²) in [6.07, 6.45) is 5.83. The van der Waals surface area contributed by atoms with Crippen LogP contribution in [-0.4, -0.2) is 28.0 Å². The largest absolute Gasteiger partial charge is 0.330 e. The molecule has 0 aliphatic heterocycles. The molecule has 118 valence electrons. The summed E-state index contributed by atoms with van der Waals surface area (Å²) in [4.78, 5) is 11.4. The lowest BCUT2D eigenvalue weighted by molar-refractivity contribution is 0.245. The second-order valence-electron chi connectivity index (χ2n) is 5.41. The van der Waals surface area contributed by atoms with Gasteiger partial charge in [0.15, 0.2) is 0 Å². The third-order valence-electron chi connectivity index (χ3n) is 3.63. The molecule has 0 unspecified atom stereocenters. The first kappa shape index (κ1) is 17.1.